The molecule has 0 radical (unpaired) electrons. The van der Waals surface area contributed by atoms with Gasteiger partial charge in [-0.05, 0) is 18.1 Å². The predicted octanol–water partition coefficient (Wildman–Crippen LogP) is 2.19. The van der Waals surface area contributed by atoms with Crippen molar-refractivity contribution >= 4 is 11.7 Å². The summed E-state index contributed by atoms with van der Waals surface area (Å²) in [5, 5.41) is 5.69. The van der Waals surface area contributed by atoms with Gasteiger partial charge in [-0.25, -0.2) is 14.4 Å². The lowest BCUT2D eigenvalue weighted by Gasteiger charge is -2.07. The highest BCUT2D eigenvalue weighted by atomic mass is 19.1. The smallest absolute Gasteiger partial charge is 0.270 e. The fraction of sp³-hybridized carbons (Fsp3) is 0.188. The molecule has 1 aromatic carbocycles. The maximum absolute atomic E-state index is 13.5. The normalized spacial score (nSPS) is 10.0. The zero-order valence-corrected chi connectivity index (χ0v) is 12.1. The van der Waals surface area contributed by atoms with Gasteiger partial charge in [-0.15, -0.1) is 6.58 Å². The van der Waals surface area contributed by atoms with Crippen molar-refractivity contribution in [3.63, 3.8) is 0 Å². The van der Waals surface area contributed by atoms with Gasteiger partial charge in [0, 0.05) is 19.2 Å². The molecule has 6 heteroatoms. The summed E-state index contributed by atoms with van der Waals surface area (Å²) in [6, 6.07) is 8.18. The fourth-order valence-electron chi connectivity index (χ4n) is 1.86. The summed E-state index contributed by atoms with van der Waals surface area (Å²) in [6.45, 7) is 4.41. The molecule has 2 rings (SSSR count). The van der Waals surface area contributed by atoms with E-state index in [4.69, 9.17) is 0 Å². The summed E-state index contributed by atoms with van der Waals surface area (Å²) in [5.41, 5.74) is 0.901. The Bertz CT molecular complexity index is 660. The van der Waals surface area contributed by atoms with E-state index in [1.54, 1.807) is 30.3 Å². The molecule has 0 fully saturated rings. The highest BCUT2D eigenvalue weighted by Gasteiger charge is 2.07. The molecule has 0 saturated heterocycles. The molecule has 1 heterocycles. The summed E-state index contributed by atoms with van der Waals surface area (Å²) in [5.74, 6) is 0.00558. The van der Waals surface area contributed by atoms with Crippen LogP contribution in [0.25, 0.3) is 0 Å². The molecule has 0 unspecified atom stereocenters. The van der Waals surface area contributed by atoms with E-state index in [1.165, 1.54) is 12.4 Å². The van der Waals surface area contributed by atoms with E-state index < -0.39 is 0 Å². The van der Waals surface area contributed by atoms with E-state index >= 15 is 0 Å². The van der Waals surface area contributed by atoms with Crippen molar-refractivity contribution < 1.29 is 9.18 Å². The predicted molar refractivity (Wildman–Crippen MR) is 83.2 cm³/mol. The number of halogens is 1. The topological polar surface area (TPSA) is 66.9 Å². The molecular formula is C16H17FN4O. The van der Waals surface area contributed by atoms with Gasteiger partial charge in [0.15, 0.2) is 0 Å². The number of amides is 1. The highest BCUT2D eigenvalue weighted by molar-refractivity contribution is 5.92. The van der Waals surface area contributed by atoms with Gasteiger partial charge in [0.2, 0.25) is 0 Å². The summed E-state index contributed by atoms with van der Waals surface area (Å²) in [6.07, 6.45) is 3.43. The van der Waals surface area contributed by atoms with Crippen molar-refractivity contribution in [2.75, 3.05) is 18.4 Å². The Balaban J connectivity index is 1.92. The number of anilines is 1. The Morgan fingerprint density at radius 2 is 2.14 bits per heavy atom. The average molecular weight is 300 g/mol. The zero-order chi connectivity index (χ0) is 15.8. The first kappa shape index (κ1) is 15.6. The van der Waals surface area contributed by atoms with Gasteiger partial charge in [-0.1, -0.05) is 24.3 Å². The van der Waals surface area contributed by atoms with Crippen LogP contribution >= 0.6 is 0 Å². The SMILES string of the molecule is C=CCNC(=O)c1cc(NCCc2ccccc2F)ncn1. The second-order valence-corrected chi connectivity index (χ2v) is 4.56. The standard InChI is InChI=1S/C16H17FN4O/c1-2-8-19-16(22)14-10-15(21-11-20-14)18-9-7-12-5-3-4-6-13(12)17/h2-6,10-11H,1,7-9H2,(H,19,22)(H,18,20,21). The number of carbonyl (C=O) groups is 1. The van der Waals surface area contributed by atoms with Gasteiger partial charge >= 0.3 is 0 Å². The number of aromatic nitrogens is 2. The van der Waals surface area contributed by atoms with Gasteiger partial charge < -0.3 is 10.6 Å². The molecule has 0 spiro atoms. The third kappa shape index (κ3) is 4.37. The third-order valence-electron chi connectivity index (χ3n) is 2.96. The van der Waals surface area contributed by atoms with Crippen LogP contribution in [0.4, 0.5) is 10.2 Å². The lowest BCUT2D eigenvalue weighted by molar-refractivity contribution is 0.0953. The average Bonchev–Trinajstić information content (AvgIpc) is 2.54. The number of hydrogen-bond acceptors (Lipinski definition) is 4. The van der Waals surface area contributed by atoms with Gasteiger partial charge in [0.05, 0.1) is 0 Å². The Morgan fingerprint density at radius 1 is 1.32 bits per heavy atom. The van der Waals surface area contributed by atoms with Crippen LogP contribution in [0, 0.1) is 5.82 Å². The van der Waals surface area contributed by atoms with Gasteiger partial charge in [0.1, 0.15) is 23.7 Å². The summed E-state index contributed by atoms with van der Waals surface area (Å²) >= 11 is 0. The van der Waals surface area contributed by atoms with Crippen molar-refractivity contribution in [2.45, 2.75) is 6.42 Å². The summed E-state index contributed by atoms with van der Waals surface area (Å²) < 4.78 is 13.5. The third-order valence-corrected chi connectivity index (χ3v) is 2.96. The molecule has 1 amide bonds. The second-order valence-electron chi connectivity index (χ2n) is 4.56. The van der Waals surface area contributed by atoms with Gasteiger partial charge in [-0.2, -0.15) is 0 Å². The maximum atomic E-state index is 13.5. The fourth-order valence-corrected chi connectivity index (χ4v) is 1.86. The molecule has 5 nitrogen and oxygen atoms in total. The van der Waals surface area contributed by atoms with Crippen molar-refractivity contribution in [3.8, 4) is 0 Å². The van der Waals surface area contributed by atoms with Crippen LogP contribution in [-0.2, 0) is 6.42 Å². The first-order valence-electron chi connectivity index (χ1n) is 6.89. The molecule has 114 valence electrons. The second kappa shape index (κ2) is 7.87. The Kier molecular flexibility index (Phi) is 5.59. The Labute approximate surface area is 128 Å². The summed E-state index contributed by atoms with van der Waals surface area (Å²) in [7, 11) is 0. The van der Waals surface area contributed by atoms with Gasteiger partial charge in [-0.3, -0.25) is 4.79 Å². The van der Waals surface area contributed by atoms with E-state index in [0.29, 0.717) is 30.9 Å². The van der Waals surface area contributed by atoms with Crippen LogP contribution < -0.4 is 10.6 Å². The van der Waals surface area contributed by atoms with Crippen LogP contribution in [0.1, 0.15) is 16.1 Å². The molecule has 2 N–H and O–H groups in total. The number of nitrogens with zero attached hydrogens (tertiary/aromatic N) is 2. The van der Waals surface area contributed by atoms with Crippen LogP contribution in [0.3, 0.4) is 0 Å². The van der Waals surface area contributed by atoms with E-state index in [9.17, 15) is 9.18 Å². The molecular weight excluding hydrogens is 283 g/mol. The van der Waals surface area contributed by atoms with E-state index in [1.807, 2.05) is 0 Å². The molecule has 2 aromatic rings. The Morgan fingerprint density at radius 3 is 2.91 bits per heavy atom. The number of carbonyl (C=O) groups excluding carboxylic acids is 1. The quantitative estimate of drug-likeness (QED) is 0.769. The molecule has 0 saturated carbocycles. The van der Waals surface area contributed by atoms with E-state index in [0.717, 1.165) is 0 Å². The molecule has 0 aliphatic heterocycles. The van der Waals surface area contributed by atoms with Crippen LogP contribution in [0.2, 0.25) is 0 Å². The summed E-state index contributed by atoms with van der Waals surface area (Å²) in [4.78, 5) is 19.7. The molecule has 0 bridgehead atoms. The number of benzene rings is 1. The molecule has 1 aromatic heterocycles. The van der Waals surface area contributed by atoms with E-state index in [2.05, 4.69) is 27.2 Å². The number of nitrogens with one attached hydrogen (secondary N) is 2. The van der Waals surface area contributed by atoms with Crippen LogP contribution in [0.5, 0.6) is 0 Å². The molecule has 0 aliphatic carbocycles. The number of hydrogen-bond donors (Lipinski definition) is 2. The van der Waals surface area contributed by atoms with Crippen molar-refractivity contribution in [1.29, 1.82) is 0 Å². The number of rotatable bonds is 7. The zero-order valence-electron chi connectivity index (χ0n) is 12.1. The maximum Gasteiger partial charge on any atom is 0.270 e. The Hall–Kier alpha value is -2.76. The molecule has 0 aliphatic rings. The molecule has 0 atom stereocenters. The minimum atomic E-state index is -0.292. The minimum Gasteiger partial charge on any atom is -0.370 e. The molecule has 22 heavy (non-hydrogen) atoms. The van der Waals surface area contributed by atoms with Crippen molar-refractivity contribution in [1.82, 2.24) is 15.3 Å². The van der Waals surface area contributed by atoms with Crippen molar-refractivity contribution in [3.05, 3.63) is 66.4 Å². The van der Waals surface area contributed by atoms with Crippen molar-refractivity contribution in [2.24, 2.45) is 0 Å². The van der Waals surface area contributed by atoms with E-state index in [-0.39, 0.29) is 17.4 Å². The van der Waals surface area contributed by atoms with Crippen LogP contribution in [0.15, 0.2) is 49.3 Å². The van der Waals surface area contributed by atoms with Crippen LogP contribution in [-0.4, -0.2) is 29.0 Å². The first-order valence-corrected chi connectivity index (χ1v) is 6.89. The monoisotopic (exact) mass is 300 g/mol. The lowest BCUT2D eigenvalue weighted by atomic mass is 10.1. The van der Waals surface area contributed by atoms with Gasteiger partial charge in [0.25, 0.3) is 5.91 Å². The minimum absolute atomic E-state index is 0.225. The first-order chi connectivity index (χ1) is 10.7. The lowest BCUT2D eigenvalue weighted by Crippen LogP contribution is -2.24. The highest BCUT2D eigenvalue weighted by Crippen LogP contribution is 2.08. The largest absolute Gasteiger partial charge is 0.370 e.